The van der Waals surface area contributed by atoms with Gasteiger partial charge in [0.2, 0.25) is 5.71 Å². The summed E-state index contributed by atoms with van der Waals surface area (Å²) in [4.78, 5) is 27.0. The number of fused-ring (bicyclic) bond motifs is 18. The summed E-state index contributed by atoms with van der Waals surface area (Å²) in [5.41, 5.74) is 33.5. The van der Waals surface area contributed by atoms with Crippen molar-refractivity contribution >= 4 is 132 Å². The number of benzene rings is 12. The highest BCUT2D eigenvalue weighted by atomic mass is 16.4. The Bertz CT molecular complexity index is 7250. The van der Waals surface area contributed by atoms with E-state index in [9.17, 15) is 0 Å². The van der Waals surface area contributed by atoms with Gasteiger partial charge in [0.1, 0.15) is 55.7 Å². The monoisotopic (exact) mass is 1720 g/mol. The second-order valence-corrected chi connectivity index (χ2v) is 35.4. The average molecular weight is 1720 g/mol. The van der Waals surface area contributed by atoms with E-state index in [1.165, 1.54) is 38.9 Å². The van der Waals surface area contributed by atoms with Crippen LogP contribution >= 0.6 is 0 Å². The van der Waals surface area contributed by atoms with Crippen LogP contribution in [0.2, 0.25) is 0 Å². The van der Waals surface area contributed by atoms with E-state index in [0.717, 1.165) is 188 Å². The molecule has 132 heavy (non-hydrogen) atoms. The molecule has 12 aromatic heterocycles. The third-order valence-corrected chi connectivity index (χ3v) is 24.7. The first-order valence-corrected chi connectivity index (χ1v) is 45.6. The predicted octanol–water partition coefficient (Wildman–Crippen LogP) is 34.6. The minimum absolute atomic E-state index is 0.337. The normalized spacial score (nSPS) is 11.6. The Morgan fingerprint density at radius 3 is 0.992 bits per heavy atom. The number of nitrogens with zero attached hydrogens (tertiary/aromatic N) is 6. The van der Waals surface area contributed by atoms with Gasteiger partial charge in [0.05, 0.1) is 5.69 Å². The lowest BCUT2D eigenvalue weighted by Crippen LogP contribution is -1.91. The maximum absolute atomic E-state index is 6.29. The van der Waals surface area contributed by atoms with Crippen LogP contribution in [0.15, 0.2) is 392 Å². The topological polar surface area (TPSA) is 156 Å². The molecule has 12 heteroatoms. The van der Waals surface area contributed by atoms with Crippen molar-refractivity contribution in [3.63, 3.8) is 0 Å². The van der Waals surface area contributed by atoms with E-state index in [4.69, 9.17) is 26.5 Å². The number of hydrogen-bond donors (Lipinski definition) is 0. The van der Waals surface area contributed by atoms with Crippen molar-refractivity contribution in [2.75, 3.05) is 0 Å². The van der Waals surface area contributed by atoms with E-state index >= 15 is 0 Å². The van der Waals surface area contributed by atoms with Crippen LogP contribution in [0, 0.1) is 0 Å². The Labute approximate surface area is 767 Å². The van der Waals surface area contributed by atoms with E-state index in [2.05, 4.69) is 344 Å². The van der Waals surface area contributed by atoms with Gasteiger partial charge in [-0.2, -0.15) is 0 Å². The van der Waals surface area contributed by atoms with Crippen LogP contribution in [0.25, 0.3) is 199 Å². The third-order valence-electron chi connectivity index (χ3n) is 24.7. The van der Waals surface area contributed by atoms with E-state index < -0.39 is 0 Å². The van der Waals surface area contributed by atoms with Crippen LogP contribution in [0.1, 0.15) is 152 Å². The number of pyridine rings is 6. The third kappa shape index (κ3) is 16.8. The highest BCUT2D eigenvalue weighted by Crippen LogP contribution is 2.45. The molecule has 0 bridgehead atoms. The predicted molar refractivity (Wildman–Crippen MR) is 546 cm³/mol. The maximum atomic E-state index is 6.29. The first kappa shape index (κ1) is 85.8. The van der Waals surface area contributed by atoms with E-state index in [1.54, 1.807) is 0 Å². The molecule has 12 heterocycles. The molecule has 0 N–H and O–H groups in total. The molecule has 0 aliphatic rings. The molecule has 0 fully saturated rings. The van der Waals surface area contributed by atoms with E-state index in [-0.39, 0.29) is 0 Å². The van der Waals surface area contributed by atoms with Gasteiger partial charge in [-0.1, -0.05) is 362 Å². The molecule has 12 aromatic carbocycles. The van der Waals surface area contributed by atoms with Crippen LogP contribution in [-0.2, 0) is 0 Å². The molecule has 0 aliphatic heterocycles. The van der Waals surface area contributed by atoms with Crippen LogP contribution in [-0.4, -0.2) is 29.9 Å². The van der Waals surface area contributed by atoms with Crippen molar-refractivity contribution in [2.45, 2.75) is 119 Å². The lowest BCUT2D eigenvalue weighted by molar-refractivity contribution is 0.651. The van der Waals surface area contributed by atoms with Gasteiger partial charge in [-0.15, -0.1) is 0 Å². The molecule has 24 rings (SSSR count). The number of rotatable bonds is 12. The molecule has 0 aliphatic carbocycles. The van der Waals surface area contributed by atoms with Crippen molar-refractivity contribution < 1.29 is 26.5 Å². The van der Waals surface area contributed by atoms with Gasteiger partial charge in [-0.3, -0.25) is 24.9 Å². The molecule has 0 radical (unpaired) electrons. The summed E-state index contributed by atoms with van der Waals surface area (Å²) in [7, 11) is 0. The Morgan fingerprint density at radius 2 is 0.515 bits per heavy atom. The summed E-state index contributed by atoms with van der Waals surface area (Å²) in [6.07, 6.45) is 15.1. The Balaban J connectivity index is 0.000000102. The Morgan fingerprint density at radius 1 is 0.189 bits per heavy atom. The number of hydrogen-bond acceptors (Lipinski definition) is 12. The molecular weight excluding hydrogens is 1620 g/mol. The fourth-order valence-corrected chi connectivity index (χ4v) is 17.9. The van der Waals surface area contributed by atoms with Crippen molar-refractivity contribution in [1.29, 1.82) is 0 Å². The average Bonchev–Trinajstić information content (AvgIpc) is 1.65. The summed E-state index contributed by atoms with van der Waals surface area (Å²) >= 11 is 0. The maximum Gasteiger partial charge on any atom is 0.227 e. The first-order valence-electron chi connectivity index (χ1n) is 45.6. The van der Waals surface area contributed by atoms with Crippen molar-refractivity contribution in [1.82, 2.24) is 29.9 Å². The highest BCUT2D eigenvalue weighted by molar-refractivity contribution is 6.15. The molecule has 0 saturated carbocycles. The van der Waals surface area contributed by atoms with Gasteiger partial charge in [-0.25, -0.2) is 4.98 Å². The van der Waals surface area contributed by atoms with E-state index in [0.29, 0.717) is 41.2 Å². The number of para-hydroxylation sites is 6. The Kier molecular flexibility index (Phi) is 24.4. The van der Waals surface area contributed by atoms with Crippen LogP contribution in [0.4, 0.5) is 0 Å². The van der Waals surface area contributed by atoms with Crippen molar-refractivity contribution in [2.24, 2.45) is 0 Å². The number of furan rings is 6. The Hall–Kier alpha value is -15.7. The zero-order valence-electron chi connectivity index (χ0n) is 76.2. The zero-order chi connectivity index (χ0) is 90.6. The number of aromatic nitrogens is 6. The molecule has 0 amide bonds. The van der Waals surface area contributed by atoms with Gasteiger partial charge in [0, 0.05) is 148 Å². The van der Waals surface area contributed by atoms with Crippen molar-refractivity contribution in [3.05, 3.63) is 399 Å². The van der Waals surface area contributed by atoms with Crippen molar-refractivity contribution in [3.8, 4) is 66.8 Å². The molecule has 0 unspecified atom stereocenters. The summed E-state index contributed by atoms with van der Waals surface area (Å²) in [5, 5.41) is 11.2. The van der Waals surface area contributed by atoms with Crippen LogP contribution < -0.4 is 0 Å². The minimum atomic E-state index is 0.337. The molecule has 0 atom stereocenters. The second kappa shape index (κ2) is 37.6. The van der Waals surface area contributed by atoms with Crippen LogP contribution in [0.3, 0.4) is 0 Å². The lowest BCUT2D eigenvalue weighted by atomic mass is 10.00. The molecule has 12 nitrogen and oxygen atoms in total. The van der Waals surface area contributed by atoms with Gasteiger partial charge < -0.3 is 26.5 Å². The molecule has 24 aromatic rings. The summed E-state index contributed by atoms with van der Waals surface area (Å²) in [6.45, 7) is 26.1. The molecular formula is C120H102N6O6. The summed E-state index contributed by atoms with van der Waals surface area (Å²) in [6, 6.07) is 108. The van der Waals surface area contributed by atoms with Gasteiger partial charge in [0.25, 0.3) is 0 Å². The quantitative estimate of drug-likeness (QED) is 0.114. The zero-order valence-corrected chi connectivity index (χ0v) is 76.2. The standard InChI is InChI=1S/6C20H17NO/c1-13(2)15-11-18-17-10-6-9-16(14-7-4-3-5-8-14)19(17)22-20(18)21-12-15;1-13(2)17-11-21-12-18-16-10-6-9-15(19(16)22-20(17)18)14-7-4-3-5-8-14;1-13(2)15-9-6-10-16-18-12-21-11-17(20(18)22-19(15)16)14-7-4-3-5-8-14;1-13(2)15-11-12-21-18-17-10-6-9-16(19(17)22-20(15)18)14-7-4-3-5-8-14;1-13(2)18-20-17(11-12-21-18)16-10-6-9-15(19(16)22-20)14-7-4-3-5-8-14;1-13(2)15-9-6-10-17-18-20(22-19(15)17)16(11-12-21-18)14-7-4-3-5-8-14/h6*3-13H,1-2H3. The van der Waals surface area contributed by atoms with Gasteiger partial charge in [0.15, 0.2) is 16.7 Å². The summed E-state index contributed by atoms with van der Waals surface area (Å²) < 4.78 is 37.4. The van der Waals surface area contributed by atoms with Gasteiger partial charge in [-0.05, 0) is 122 Å². The molecule has 0 saturated heterocycles. The largest absolute Gasteiger partial charge is 0.455 e. The minimum Gasteiger partial charge on any atom is -0.455 e. The molecule has 648 valence electrons. The fourth-order valence-electron chi connectivity index (χ4n) is 17.9. The SMILES string of the molecule is CC(C)c1cccc2c1oc1c(-c3ccccc3)ccnc12.CC(C)c1cccc2c1oc1c(-c3ccccc3)cncc12.CC(C)c1ccnc2c1oc1c(-c3ccccc3)cccc12.CC(C)c1cnc2oc3c(-c4ccccc4)cccc3c2c1.CC(C)c1cncc2c1oc1c(-c3ccccc3)cccc12.CC(C)c1nccc2c1oc1c(-c3ccccc3)cccc12. The smallest absolute Gasteiger partial charge is 0.227 e. The highest BCUT2D eigenvalue weighted by Gasteiger charge is 2.24. The van der Waals surface area contributed by atoms with Gasteiger partial charge >= 0.3 is 0 Å². The summed E-state index contributed by atoms with van der Waals surface area (Å²) in [5.74, 6) is 2.44. The first-order chi connectivity index (χ1) is 64.5. The fraction of sp³-hybridized carbons (Fsp3) is 0.150. The van der Waals surface area contributed by atoms with Crippen LogP contribution in [0.5, 0.6) is 0 Å². The van der Waals surface area contributed by atoms with E-state index in [1.807, 2.05) is 135 Å². The lowest BCUT2D eigenvalue weighted by Gasteiger charge is -2.04. The second-order valence-electron chi connectivity index (χ2n) is 35.4. The molecule has 0 spiro atoms.